The van der Waals surface area contributed by atoms with E-state index in [0.29, 0.717) is 16.8 Å². The highest BCUT2D eigenvalue weighted by Gasteiger charge is 2.25. The van der Waals surface area contributed by atoms with Crippen molar-refractivity contribution in [1.29, 1.82) is 0 Å². The fourth-order valence-electron chi connectivity index (χ4n) is 1.42. The van der Waals surface area contributed by atoms with Gasteiger partial charge >= 0.3 is 0 Å². The number of rotatable bonds is 6. The van der Waals surface area contributed by atoms with E-state index in [0.717, 1.165) is 0 Å². The largest absolute Gasteiger partial charge is 0.495 e. The van der Waals surface area contributed by atoms with Gasteiger partial charge in [-0.2, -0.15) is 4.31 Å². The number of ether oxygens (including phenoxy) is 2. The highest BCUT2D eigenvalue weighted by molar-refractivity contribution is 9.10. The summed E-state index contributed by atoms with van der Waals surface area (Å²) in [6, 6.07) is 2.91. The van der Waals surface area contributed by atoms with E-state index in [-0.39, 0.29) is 17.2 Å². The molecule has 0 heterocycles. The van der Waals surface area contributed by atoms with Crippen LogP contribution in [0.1, 0.15) is 0 Å². The van der Waals surface area contributed by atoms with Gasteiger partial charge in [-0.05, 0) is 28.1 Å². The topological polar surface area (TPSA) is 81.9 Å². The fraction of sp³-hybridized carbons (Fsp3) is 0.455. The van der Waals surface area contributed by atoms with Gasteiger partial charge in [-0.25, -0.2) is 8.42 Å². The van der Waals surface area contributed by atoms with E-state index in [1.807, 2.05) is 0 Å². The highest BCUT2D eigenvalue weighted by Crippen LogP contribution is 2.33. The van der Waals surface area contributed by atoms with Crippen molar-refractivity contribution in [2.45, 2.75) is 4.90 Å². The summed E-state index contributed by atoms with van der Waals surface area (Å²) < 4.78 is 36.6. The monoisotopic (exact) mass is 352 g/mol. The minimum absolute atomic E-state index is 0.0364. The summed E-state index contributed by atoms with van der Waals surface area (Å²) >= 11 is 3.23. The van der Waals surface area contributed by atoms with E-state index >= 15 is 0 Å². The molecular weight excluding hydrogens is 336 g/mol. The molecule has 0 unspecified atom stereocenters. The zero-order chi connectivity index (χ0) is 14.6. The van der Waals surface area contributed by atoms with Crippen LogP contribution in [0.5, 0.6) is 5.75 Å². The third kappa shape index (κ3) is 3.59. The minimum atomic E-state index is -3.67. The Bertz CT molecular complexity index is 548. The molecule has 0 amide bonds. The van der Waals surface area contributed by atoms with Gasteiger partial charge in [0, 0.05) is 30.9 Å². The van der Waals surface area contributed by atoms with Crippen LogP contribution in [0.4, 0.5) is 5.69 Å². The summed E-state index contributed by atoms with van der Waals surface area (Å²) in [4.78, 5) is 0.0364. The number of anilines is 1. The summed E-state index contributed by atoms with van der Waals surface area (Å²) in [6.45, 7) is 0.558. The second-order valence-corrected chi connectivity index (χ2v) is 6.71. The Labute approximate surface area is 121 Å². The number of likely N-dealkylation sites (N-methyl/N-ethyl adjacent to an activating group) is 1. The fourth-order valence-corrected chi connectivity index (χ4v) is 3.07. The van der Waals surface area contributed by atoms with Gasteiger partial charge in [-0.1, -0.05) is 0 Å². The zero-order valence-electron chi connectivity index (χ0n) is 11.0. The molecule has 0 atom stereocenters. The van der Waals surface area contributed by atoms with Crippen LogP contribution >= 0.6 is 15.9 Å². The van der Waals surface area contributed by atoms with Crippen molar-refractivity contribution in [3.63, 3.8) is 0 Å². The number of nitrogens with zero attached hydrogens (tertiary/aromatic N) is 1. The normalized spacial score (nSPS) is 11.8. The second-order valence-electron chi connectivity index (χ2n) is 3.84. The van der Waals surface area contributed by atoms with Gasteiger partial charge in [-0.3, -0.25) is 0 Å². The molecule has 1 aromatic rings. The van der Waals surface area contributed by atoms with E-state index in [2.05, 4.69) is 15.9 Å². The molecule has 1 rings (SSSR count). The van der Waals surface area contributed by atoms with Gasteiger partial charge in [0.25, 0.3) is 0 Å². The molecule has 0 fully saturated rings. The summed E-state index contributed by atoms with van der Waals surface area (Å²) in [5, 5.41) is 0. The maximum Gasteiger partial charge on any atom is 0.246 e. The van der Waals surface area contributed by atoms with Crippen molar-refractivity contribution in [2.75, 3.05) is 40.2 Å². The number of methoxy groups -OCH3 is 2. The predicted molar refractivity (Wildman–Crippen MR) is 76.8 cm³/mol. The molecule has 0 radical (unpaired) electrons. The van der Waals surface area contributed by atoms with Crippen molar-refractivity contribution < 1.29 is 17.9 Å². The van der Waals surface area contributed by atoms with Crippen molar-refractivity contribution in [3.8, 4) is 5.75 Å². The maximum absolute atomic E-state index is 12.4. The van der Waals surface area contributed by atoms with Crippen molar-refractivity contribution in [3.05, 3.63) is 16.6 Å². The van der Waals surface area contributed by atoms with Gasteiger partial charge in [-0.15, -0.1) is 0 Å². The number of hydrogen-bond acceptors (Lipinski definition) is 5. The van der Waals surface area contributed by atoms with Crippen LogP contribution < -0.4 is 10.5 Å². The Morgan fingerprint density at radius 3 is 2.53 bits per heavy atom. The number of benzene rings is 1. The van der Waals surface area contributed by atoms with E-state index in [1.165, 1.54) is 37.7 Å². The molecule has 108 valence electrons. The smallest absolute Gasteiger partial charge is 0.246 e. The Kier molecular flexibility index (Phi) is 5.60. The molecule has 0 aliphatic rings. The Hall–Kier alpha value is -0.830. The zero-order valence-corrected chi connectivity index (χ0v) is 13.4. The van der Waals surface area contributed by atoms with Gasteiger partial charge < -0.3 is 15.2 Å². The van der Waals surface area contributed by atoms with Crippen molar-refractivity contribution >= 4 is 31.6 Å². The molecular formula is C11H17BrN2O4S. The number of sulfonamides is 1. The number of hydrogen-bond donors (Lipinski definition) is 1. The summed E-state index contributed by atoms with van der Waals surface area (Å²) in [6.07, 6.45) is 0. The molecule has 0 saturated carbocycles. The molecule has 0 bridgehead atoms. The molecule has 0 saturated heterocycles. The SMILES string of the molecule is COCCN(C)S(=O)(=O)c1cc(N)c(Br)cc1OC. The van der Waals surface area contributed by atoms with Gasteiger partial charge in [0.1, 0.15) is 10.6 Å². The quantitative estimate of drug-likeness (QED) is 0.780. The molecule has 8 heteroatoms. The molecule has 1 aromatic carbocycles. The van der Waals surface area contributed by atoms with E-state index < -0.39 is 10.0 Å². The van der Waals surface area contributed by atoms with Gasteiger partial charge in [0.2, 0.25) is 10.0 Å². The third-order valence-corrected chi connectivity index (χ3v) is 5.15. The lowest BCUT2D eigenvalue weighted by atomic mass is 10.3. The van der Waals surface area contributed by atoms with Crippen LogP contribution in [-0.4, -0.2) is 47.1 Å². The minimum Gasteiger partial charge on any atom is -0.495 e. The second kappa shape index (κ2) is 6.56. The van der Waals surface area contributed by atoms with E-state index in [4.69, 9.17) is 15.2 Å². The highest BCUT2D eigenvalue weighted by atomic mass is 79.9. The van der Waals surface area contributed by atoms with Crippen LogP contribution in [0.3, 0.4) is 0 Å². The first-order valence-electron chi connectivity index (χ1n) is 5.43. The first kappa shape index (κ1) is 16.2. The average molecular weight is 353 g/mol. The van der Waals surface area contributed by atoms with Crippen LogP contribution in [0.15, 0.2) is 21.5 Å². The maximum atomic E-state index is 12.4. The lowest BCUT2D eigenvalue weighted by Gasteiger charge is -2.19. The van der Waals surface area contributed by atoms with E-state index in [1.54, 1.807) is 0 Å². The van der Waals surface area contributed by atoms with Crippen molar-refractivity contribution in [2.24, 2.45) is 0 Å². The van der Waals surface area contributed by atoms with Gasteiger partial charge in [0.15, 0.2) is 0 Å². The Morgan fingerprint density at radius 1 is 1.37 bits per heavy atom. The standard InChI is InChI=1S/C11H17BrN2O4S/c1-14(4-5-17-2)19(15,16)11-7-9(13)8(12)6-10(11)18-3/h6-7H,4-5,13H2,1-3H3. The Balaban J connectivity index is 3.24. The molecule has 0 aliphatic heterocycles. The number of halogens is 1. The molecule has 2 N–H and O–H groups in total. The number of nitrogen functional groups attached to an aromatic ring is 1. The van der Waals surface area contributed by atoms with Crippen LogP contribution in [0.2, 0.25) is 0 Å². The van der Waals surface area contributed by atoms with E-state index in [9.17, 15) is 8.42 Å². The molecule has 0 spiro atoms. The van der Waals surface area contributed by atoms with Crippen LogP contribution in [-0.2, 0) is 14.8 Å². The van der Waals surface area contributed by atoms with Crippen molar-refractivity contribution in [1.82, 2.24) is 4.31 Å². The van der Waals surface area contributed by atoms with Crippen LogP contribution in [0.25, 0.3) is 0 Å². The average Bonchev–Trinajstić information content (AvgIpc) is 2.38. The molecule has 0 aliphatic carbocycles. The molecule has 19 heavy (non-hydrogen) atoms. The molecule has 0 aromatic heterocycles. The lowest BCUT2D eigenvalue weighted by Crippen LogP contribution is -2.30. The summed E-state index contributed by atoms with van der Waals surface area (Å²) in [5.74, 6) is 0.241. The molecule has 6 nitrogen and oxygen atoms in total. The lowest BCUT2D eigenvalue weighted by molar-refractivity contribution is 0.185. The summed E-state index contributed by atoms with van der Waals surface area (Å²) in [7, 11) is 0.734. The van der Waals surface area contributed by atoms with Crippen LogP contribution in [0, 0.1) is 0 Å². The number of nitrogens with two attached hydrogens (primary N) is 1. The Morgan fingerprint density at radius 2 is 2.00 bits per heavy atom. The first-order valence-corrected chi connectivity index (χ1v) is 7.66. The summed E-state index contributed by atoms with van der Waals surface area (Å²) in [5.41, 5.74) is 6.06. The predicted octanol–water partition coefficient (Wildman–Crippen LogP) is 1.31. The first-order chi connectivity index (χ1) is 8.84. The third-order valence-electron chi connectivity index (χ3n) is 2.58. The van der Waals surface area contributed by atoms with Gasteiger partial charge in [0.05, 0.1) is 13.7 Å².